The van der Waals surface area contributed by atoms with Gasteiger partial charge in [-0.1, -0.05) is 17.7 Å². The Hall–Kier alpha value is -2.33. The van der Waals surface area contributed by atoms with Crippen LogP contribution in [0.15, 0.2) is 42.5 Å². The van der Waals surface area contributed by atoms with Crippen LogP contribution in [0.25, 0.3) is 0 Å². The highest BCUT2D eigenvalue weighted by atomic mass is 35.5. The molecule has 0 fully saturated rings. The first-order chi connectivity index (χ1) is 9.08. The average Bonchev–Trinajstić information content (AvgIpc) is 2.61. The quantitative estimate of drug-likeness (QED) is 0.641. The summed E-state index contributed by atoms with van der Waals surface area (Å²) in [4.78, 5) is 25.6. The number of fused-ring (bicyclic) bond motifs is 1. The monoisotopic (exact) mass is 272 g/mol. The predicted octanol–water partition coefficient (Wildman–Crippen LogP) is 2.72. The SMILES string of the molecule is Nc1ccc2c(c1)C(=O)N(c1cccc(Cl)c1)C2=O. The Balaban J connectivity index is 2.13. The first kappa shape index (κ1) is 11.7. The second kappa shape index (κ2) is 4.10. The van der Waals surface area contributed by atoms with Crippen LogP contribution in [0.1, 0.15) is 20.7 Å². The number of nitrogens with zero attached hydrogens (tertiary/aromatic N) is 1. The minimum Gasteiger partial charge on any atom is -0.399 e. The first-order valence-corrected chi connectivity index (χ1v) is 5.99. The van der Waals surface area contributed by atoms with Gasteiger partial charge in [0.05, 0.1) is 16.8 Å². The molecule has 1 heterocycles. The van der Waals surface area contributed by atoms with Crippen LogP contribution in [0, 0.1) is 0 Å². The van der Waals surface area contributed by atoms with Crippen LogP contribution in [0.4, 0.5) is 11.4 Å². The van der Waals surface area contributed by atoms with Crippen LogP contribution in [0.5, 0.6) is 0 Å². The van der Waals surface area contributed by atoms with Gasteiger partial charge in [-0.25, -0.2) is 4.90 Å². The summed E-state index contributed by atoms with van der Waals surface area (Å²) >= 11 is 5.89. The molecule has 0 atom stereocenters. The van der Waals surface area contributed by atoms with Gasteiger partial charge in [0.1, 0.15) is 0 Å². The second-order valence-electron chi connectivity index (χ2n) is 4.23. The second-order valence-corrected chi connectivity index (χ2v) is 4.67. The van der Waals surface area contributed by atoms with Crippen LogP contribution in [-0.4, -0.2) is 11.8 Å². The van der Waals surface area contributed by atoms with Crippen molar-refractivity contribution in [2.45, 2.75) is 0 Å². The third kappa shape index (κ3) is 1.77. The van der Waals surface area contributed by atoms with Crippen molar-refractivity contribution in [2.75, 3.05) is 10.6 Å². The van der Waals surface area contributed by atoms with Gasteiger partial charge in [0.2, 0.25) is 0 Å². The molecule has 3 rings (SSSR count). The fourth-order valence-electron chi connectivity index (χ4n) is 2.11. The van der Waals surface area contributed by atoms with E-state index in [-0.39, 0.29) is 11.8 Å². The molecule has 2 amide bonds. The zero-order valence-electron chi connectivity index (χ0n) is 9.76. The standard InChI is InChI=1S/C14H9ClN2O2/c15-8-2-1-3-10(6-8)17-13(18)11-5-4-9(16)7-12(11)14(17)19/h1-7H,16H2. The van der Waals surface area contributed by atoms with Gasteiger partial charge in [0, 0.05) is 10.7 Å². The van der Waals surface area contributed by atoms with Gasteiger partial charge in [0.15, 0.2) is 0 Å². The molecular formula is C14H9ClN2O2. The zero-order valence-corrected chi connectivity index (χ0v) is 10.5. The maximum absolute atomic E-state index is 12.3. The summed E-state index contributed by atoms with van der Waals surface area (Å²) in [5.41, 5.74) is 7.24. The Morgan fingerprint density at radius 1 is 0.947 bits per heavy atom. The molecule has 0 saturated heterocycles. The molecule has 94 valence electrons. The van der Waals surface area contributed by atoms with Gasteiger partial charge in [-0.15, -0.1) is 0 Å². The Morgan fingerprint density at radius 3 is 2.42 bits per heavy atom. The summed E-state index contributed by atoms with van der Waals surface area (Å²) in [6.07, 6.45) is 0. The summed E-state index contributed by atoms with van der Waals surface area (Å²) in [7, 11) is 0. The van der Waals surface area contributed by atoms with Crippen LogP contribution >= 0.6 is 11.6 Å². The van der Waals surface area contributed by atoms with E-state index < -0.39 is 0 Å². The van der Waals surface area contributed by atoms with Crippen molar-refractivity contribution in [3.05, 3.63) is 58.6 Å². The average molecular weight is 273 g/mol. The molecule has 0 aromatic heterocycles. The molecule has 2 aromatic carbocycles. The summed E-state index contributed by atoms with van der Waals surface area (Å²) in [5.74, 6) is -0.739. The first-order valence-electron chi connectivity index (χ1n) is 5.62. The molecule has 0 bridgehead atoms. The fourth-order valence-corrected chi connectivity index (χ4v) is 2.29. The predicted molar refractivity (Wildman–Crippen MR) is 73.4 cm³/mol. The van der Waals surface area contributed by atoms with Crippen LogP contribution in [-0.2, 0) is 0 Å². The largest absolute Gasteiger partial charge is 0.399 e. The Labute approximate surface area is 114 Å². The van der Waals surface area contributed by atoms with Gasteiger partial charge in [-0.2, -0.15) is 0 Å². The van der Waals surface area contributed by atoms with Crippen LogP contribution in [0.2, 0.25) is 5.02 Å². The van der Waals surface area contributed by atoms with E-state index in [1.54, 1.807) is 36.4 Å². The zero-order chi connectivity index (χ0) is 13.6. The van der Waals surface area contributed by atoms with E-state index in [0.29, 0.717) is 27.5 Å². The van der Waals surface area contributed by atoms with Crippen molar-refractivity contribution in [1.82, 2.24) is 0 Å². The van der Waals surface area contributed by atoms with Crippen molar-refractivity contribution in [1.29, 1.82) is 0 Å². The number of carbonyl (C=O) groups is 2. The normalized spacial score (nSPS) is 13.8. The van der Waals surface area contributed by atoms with Crippen LogP contribution < -0.4 is 10.6 Å². The third-order valence-electron chi connectivity index (χ3n) is 2.98. The number of nitrogen functional groups attached to an aromatic ring is 1. The van der Waals surface area contributed by atoms with E-state index in [2.05, 4.69) is 0 Å². The third-order valence-corrected chi connectivity index (χ3v) is 3.21. The summed E-state index contributed by atoms with van der Waals surface area (Å²) < 4.78 is 0. The molecule has 2 aromatic rings. The van der Waals surface area contributed by atoms with Gasteiger partial charge in [-0.3, -0.25) is 9.59 Å². The molecule has 2 N–H and O–H groups in total. The van der Waals surface area contributed by atoms with E-state index in [1.807, 2.05) is 0 Å². The maximum Gasteiger partial charge on any atom is 0.266 e. The lowest BCUT2D eigenvalue weighted by Gasteiger charge is -2.13. The van der Waals surface area contributed by atoms with Crippen molar-refractivity contribution < 1.29 is 9.59 Å². The van der Waals surface area contributed by atoms with Crippen molar-refractivity contribution in [3.63, 3.8) is 0 Å². The number of anilines is 2. The van der Waals surface area contributed by atoms with E-state index in [0.717, 1.165) is 4.90 Å². The lowest BCUT2D eigenvalue weighted by Crippen LogP contribution is -2.29. The molecule has 5 heteroatoms. The molecule has 0 saturated carbocycles. The Bertz CT molecular complexity index is 712. The molecule has 1 aliphatic heterocycles. The summed E-state index contributed by atoms with van der Waals surface area (Å²) in [6, 6.07) is 11.3. The van der Waals surface area contributed by atoms with Gasteiger partial charge in [-0.05, 0) is 36.4 Å². The maximum atomic E-state index is 12.3. The Morgan fingerprint density at radius 2 is 1.68 bits per heavy atom. The molecule has 0 aliphatic carbocycles. The number of benzene rings is 2. The van der Waals surface area contributed by atoms with Gasteiger partial charge in [0.25, 0.3) is 11.8 Å². The molecule has 0 spiro atoms. The topological polar surface area (TPSA) is 63.4 Å². The Kier molecular flexibility index (Phi) is 2.54. The minimum absolute atomic E-state index is 0.324. The number of halogens is 1. The molecule has 0 unspecified atom stereocenters. The summed E-state index contributed by atoms with van der Waals surface area (Å²) in [6.45, 7) is 0. The number of amides is 2. The van der Waals surface area contributed by atoms with Gasteiger partial charge >= 0.3 is 0 Å². The van der Waals surface area contributed by atoms with Crippen molar-refractivity contribution in [2.24, 2.45) is 0 Å². The molecule has 4 nitrogen and oxygen atoms in total. The minimum atomic E-state index is -0.380. The van der Waals surface area contributed by atoms with Crippen molar-refractivity contribution in [3.8, 4) is 0 Å². The summed E-state index contributed by atoms with van der Waals surface area (Å²) in [5, 5.41) is 0.466. The lowest BCUT2D eigenvalue weighted by atomic mass is 10.1. The number of hydrogen-bond acceptors (Lipinski definition) is 3. The van der Waals surface area contributed by atoms with E-state index >= 15 is 0 Å². The molecular weight excluding hydrogens is 264 g/mol. The number of hydrogen-bond donors (Lipinski definition) is 1. The van der Waals surface area contributed by atoms with E-state index in [4.69, 9.17) is 17.3 Å². The van der Waals surface area contributed by atoms with Crippen molar-refractivity contribution >= 4 is 34.8 Å². The lowest BCUT2D eigenvalue weighted by molar-refractivity contribution is 0.0926. The fraction of sp³-hybridized carbons (Fsp3) is 0. The molecule has 1 aliphatic rings. The molecule has 0 radical (unpaired) electrons. The number of rotatable bonds is 1. The highest BCUT2D eigenvalue weighted by Crippen LogP contribution is 2.30. The highest BCUT2D eigenvalue weighted by Gasteiger charge is 2.36. The highest BCUT2D eigenvalue weighted by molar-refractivity contribution is 6.35. The van der Waals surface area contributed by atoms with Crippen LogP contribution in [0.3, 0.4) is 0 Å². The number of nitrogens with two attached hydrogens (primary N) is 1. The van der Waals surface area contributed by atoms with E-state index in [9.17, 15) is 9.59 Å². The number of carbonyl (C=O) groups excluding carboxylic acids is 2. The van der Waals surface area contributed by atoms with E-state index in [1.165, 1.54) is 6.07 Å². The number of imide groups is 1. The van der Waals surface area contributed by atoms with Gasteiger partial charge < -0.3 is 5.73 Å². The molecule has 19 heavy (non-hydrogen) atoms. The smallest absolute Gasteiger partial charge is 0.266 e.